The van der Waals surface area contributed by atoms with Gasteiger partial charge in [0, 0.05) is 33.0 Å². The lowest BCUT2D eigenvalue weighted by Crippen LogP contribution is -2.58. The van der Waals surface area contributed by atoms with Crippen molar-refractivity contribution in [2.24, 2.45) is 0 Å². The van der Waals surface area contributed by atoms with E-state index in [1.807, 2.05) is 48.5 Å². The van der Waals surface area contributed by atoms with Crippen LogP contribution in [0.1, 0.15) is 53.9 Å². The Labute approximate surface area is 276 Å². The van der Waals surface area contributed by atoms with Crippen molar-refractivity contribution in [3.05, 3.63) is 95.1 Å². The van der Waals surface area contributed by atoms with Gasteiger partial charge in [0.05, 0.1) is 5.56 Å². The largest absolute Gasteiger partial charge is 0.480 e. The van der Waals surface area contributed by atoms with E-state index < -0.39 is 54.2 Å². The minimum absolute atomic E-state index is 0.0524. The number of aliphatic carboxylic acids is 1. The van der Waals surface area contributed by atoms with Crippen LogP contribution in [0.2, 0.25) is 0 Å². The molecule has 12 heteroatoms. The van der Waals surface area contributed by atoms with Crippen LogP contribution in [-0.2, 0) is 31.7 Å². The van der Waals surface area contributed by atoms with Crippen molar-refractivity contribution in [1.82, 2.24) is 14.7 Å². The molecule has 3 amide bonds. The Morgan fingerprint density at radius 1 is 0.917 bits per heavy atom. The van der Waals surface area contributed by atoms with Crippen LogP contribution in [-0.4, -0.2) is 89.6 Å². The molecule has 0 saturated carbocycles. The Morgan fingerprint density at radius 3 is 2.10 bits per heavy atom. The maximum atomic E-state index is 14.2. The smallest absolute Gasteiger partial charge is 0.416 e. The Bertz CT molecular complexity index is 1620. The van der Waals surface area contributed by atoms with Gasteiger partial charge in [-0.15, -0.1) is 0 Å². The van der Waals surface area contributed by atoms with Crippen LogP contribution in [0, 0.1) is 0 Å². The van der Waals surface area contributed by atoms with E-state index in [0.717, 1.165) is 39.3 Å². The number of likely N-dealkylation sites (tertiary alicyclic amines) is 1. The molecule has 0 bridgehead atoms. The molecular weight excluding hydrogens is 627 g/mol. The van der Waals surface area contributed by atoms with Crippen LogP contribution >= 0.6 is 0 Å². The zero-order valence-electron chi connectivity index (χ0n) is 26.8. The maximum absolute atomic E-state index is 14.2. The molecule has 1 N–H and O–H groups in total. The fraction of sp³-hybridized carbons (Fsp3) is 0.389. The van der Waals surface area contributed by atoms with Crippen molar-refractivity contribution < 1.29 is 42.2 Å². The number of likely N-dealkylation sites (N-methyl/N-ethyl adjacent to an activating group) is 2. The van der Waals surface area contributed by atoms with Crippen molar-refractivity contribution in [1.29, 1.82) is 0 Å². The van der Waals surface area contributed by atoms with Crippen molar-refractivity contribution in [2.45, 2.75) is 56.3 Å². The van der Waals surface area contributed by atoms with E-state index in [1.165, 1.54) is 36.0 Å². The van der Waals surface area contributed by atoms with Crippen molar-refractivity contribution in [3.63, 3.8) is 0 Å². The lowest BCUT2D eigenvalue weighted by Gasteiger charge is -2.39. The summed E-state index contributed by atoms with van der Waals surface area (Å²) >= 11 is 0. The number of benzene rings is 3. The fourth-order valence-corrected chi connectivity index (χ4v) is 6.63. The van der Waals surface area contributed by atoms with Crippen LogP contribution in [0.15, 0.2) is 72.8 Å². The second kappa shape index (κ2) is 14.5. The van der Waals surface area contributed by atoms with E-state index in [1.54, 1.807) is 0 Å². The van der Waals surface area contributed by atoms with Gasteiger partial charge in [-0.05, 0) is 52.8 Å². The first-order valence-electron chi connectivity index (χ1n) is 15.9. The summed E-state index contributed by atoms with van der Waals surface area (Å²) in [6.45, 7) is -0.434. The summed E-state index contributed by atoms with van der Waals surface area (Å²) in [4.78, 5) is 56.5. The number of nitrogens with zero attached hydrogens (tertiary/aromatic N) is 3. The lowest BCUT2D eigenvalue weighted by molar-refractivity contribution is -0.151. The molecule has 5 rings (SSSR count). The number of hydrogen-bond donors (Lipinski definition) is 1. The van der Waals surface area contributed by atoms with Gasteiger partial charge in [-0.3, -0.25) is 19.3 Å². The first kappa shape index (κ1) is 34.5. The molecular formula is C36H38F3N3O6. The normalized spacial score (nSPS) is 17.1. The monoisotopic (exact) mass is 665 g/mol. The van der Waals surface area contributed by atoms with E-state index in [-0.39, 0.29) is 25.5 Å². The molecule has 1 aliphatic carbocycles. The second-order valence-corrected chi connectivity index (χ2v) is 12.3. The van der Waals surface area contributed by atoms with Gasteiger partial charge < -0.3 is 19.6 Å². The number of hydrogen-bond acceptors (Lipinski definition) is 5. The summed E-state index contributed by atoms with van der Waals surface area (Å²) in [5.74, 6) is -2.63. The minimum atomic E-state index is -4.55. The number of carboxylic acid groups (broad SMARTS) is 1. The van der Waals surface area contributed by atoms with Gasteiger partial charge in [0.1, 0.15) is 25.2 Å². The number of rotatable bonds is 9. The molecule has 48 heavy (non-hydrogen) atoms. The van der Waals surface area contributed by atoms with Crippen LogP contribution in [0.5, 0.6) is 0 Å². The highest BCUT2D eigenvalue weighted by Gasteiger charge is 2.40. The van der Waals surface area contributed by atoms with Gasteiger partial charge in [-0.1, -0.05) is 73.5 Å². The number of ether oxygens (including phenoxy) is 1. The van der Waals surface area contributed by atoms with Crippen LogP contribution < -0.4 is 0 Å². The Hall–Kier alpha value is -4.87. The topological polar surface area (TPSA) is 107 Å². The van der Waals surface area contributed by atoms with E-state index >= 15 is 0 Å². The number of carbonyl (C=O) groups excluding carboxylic acids is 3. The summed E-state index contributed by atoms with van der Waals surface area (Å²) in [6, 6.07) is 18.0. The number of carboxylic acids is 1. The first-order valence-corrected chi connectivity index (χ1v) is 15.9. The molecule has 0 aromatic heterocycles. The number of alkyl halides is 3. The number of halogens is 3. The summed E-state index contributed by atoms with van der Waals surface area (Å²) < 4.78 is 45.4. The molecule has 3 aromatic carbocycles. The molecule has 1 saturated heterocycles. The highest BCUT2D eigenvalue weighted by molar-refractivity contribution is 5.92. The summed E-state index contributed by atoms with van der Waals surface area (Å²) in [7, 11) is 2.77. The zero-order chi connectivity index (χ0) is 34.6. The van der Waals surface area contributed by atoms with Crippen LogP contribution in [0.25, 0.3) is 11.1 Å². The first-order chi connectivity index (χ1) is 22.9. The molecule has 0 radical (unpaired) electrons. The number of carbonyl (C=O) groups is 4. The molecule has 0 unspecified atom stereocenters. The highest BCUT2D eigenvalue weighted by Crippen LogP contribution is 2.44. The molecule has 1 aliphatic heterocycles. The summed E-state index contributed by atoms with van der Waals surface area (Å²) in [6.07, 6.45) is -3.20. The predicted octanol–water partition coefficient (Wildman–Crippen LogP) is 5.81. The second-order valence-electron chi connectivity index (χ2n) is 12.3. The molecule has 2 atom stereocenters. The Balaban J connectivity index is 1.36. The fourth-order valence-electron chi connectivity index (χ4n) is 6.63. The Kier molecular flexibility index (Phi) is 10.4. The van der Waals surface area contributed by atoms with Crippen molar-refractivity contribution in [2.75, 3.05) is 33.8 Å². The zero-order valence-corrected chi connectivity index (χ0v) is 26.8. The van der Waals surface area contributed by atoms with Gasteiger partial charge in [-0.25, -0.2) is 4.79 Å². The average molecular weight is 666 g/mol. The summed E-state index contributed by atoms with van der Waals surface area (Å²) in [5.41, 5.74) is 3.73. The Morgan fingerprint density at radius 2 is 1.52 bits per heavy atom. The van der Waals surface area contributed by atoms with E-state index in [4.69, 9.17) is 4.74 Å². The molecule has 1 fully saturated rings. The lowest BCUT2D eigenvalue weighted by atomic mass is 9.97. The SMILES string of the molecule is CN(CC(=O)O)C(=O)[C@H](Cc1ccc(C(F)(F)F)cc1)N1CCCCC[C@H](N(C)C(=O)OCC2c3ccccc3-c3ccccc32)C1=O. The average Bonchev–Trinajstić information content (AvgIpc) is 3.37. The minimum Gasteiger partial charge on any atom is -0.480 e. The molecule has 3 aromatic rings. The van der Waals surface area contributed by atoms with E-state index in [0.29, 0.717) is 31.2 Å². The maximum Gasteiger partial charge on any atom is 0.416 e. The highest BCUT2D eigenvalue weighted by atomic mass is 19.4. The van der Waals surface area contributed by atoms with Crippen LogP contribution in [0.4, 0.5) is 18.0 Å². The standard InChI is InChI=1S/C36H38F3N3O6/c1-40(21-32(43)44)33(45)31(20-23-15-17-24(18-16-23)36(37,38)39)42-19-9-3-4-14-30(34(42)46)41(2)35(47)48-22-29-27-12-7-5-10-25(27)26-11-6-8-13-28(26)29/h5-8,10-13,15-18,29-31H,3-4,9,14,19-22H2,1-2H3,(H,43,44)/t30-,31-/m0/s1. The van der Waals surface area contributed by atoms with Gasteiger partial charge in [0.2, 0.25) is 11.8 Å². The van der Waals surface area contributed by atoms with Gasteiger partial charge in [-0.2, -0.15) is 13.2 Å². The molecule has 9 nitrogen and oxygen atoms in total. The van der Waals surface area contributed by atoms with E-state index in [9.17, 15) is 37.5 Å². The number of amides is 3. The predicted molar refractivity (Wildman–Crippen MR) is 171 cm³/mol. The molecule has 1 heterocycles. The third-order valence-corrected chi connectivity index (χ3v) is 9.16. The third-order valence-electron chi connectivity index (χ3n) is 9.16. The van der Waals surface area contributed by atoms with Gasteiger partial charge >= 0.3 is 18.2 Å². The molecule has 2 aliphatic rings. The quantitative estimate of drug-likeness (QED) is 0.309. The van der Waals surface area contributed by atoms with Gasteiger partial charge in [0.25, 0.3) is 0 Å². The third kappa shape index (κ3) is 7.48. The molecule has 254 valence electrons. The number of fused-ring (bicyclic) bond motifs is 3. The van der Waals surface area contributed by atoms with E-state index in [2.05, 4.69) is 0 Å². The van der Waals surface area contributed by atoms with Crippen molar-refractivity contribution >= 4 is 23.9 Å². The summed E-state index contributed by atoms with van der Waals surface area (Å²) in [5, 5.41) is 9.33. The molecule has 0 spiro atoms. The van der Waals surface area contributed by atoms with Crippen LogP contribution in [0.3, 0.4) is 0 Å². The van der Waals surface area contributed by atoms with Crippen molar-refractivity contribution in [3.8, 4) is 11.1 Å². The van der Waals surface area contributed by atoms with Gasteiger partial charge in [0.15, 0.2) is 0 Å².